The van der Waals surface area contributed by atoms with Crippen LogP contribution in [0.25, 0.3) is 0 Å². The molecule has 1 atom stereocenters. The largest absolute Gasteiger partial charge is 0.343 e. The molecule has 1 aliphatic carbocycles. The third-order valence-electron chi connectivity index (χ3n) is 3.56. The molecule has 0 radical (unpaired) electrons. The van der Waals surface area contributed by atoms with Crippen LogP contribution < -0.4 is 0 Å². The summed E-state index contributed by atoms with van der Waals surface area (Å²) in [5.41, 5.74) is 0. The van der Waals surface area contributed by atoms with Crippen LogP contribution in [0.3, 0.4) is 0 Å². The van der Waals surface area contributed by atoms with Crippen molar-refractivity contribution in [3.05, 3.63) is 0 Å². The number of hydrogen-bond acceptors (Lipinski definition) is 4. The summed E-state index contributed by atoms with van der Waals surface area (Å²) >= 11 is 0. The van der Waals surface area contributed by atoms with E-state index in [9.17, 15) is 0 Å². The Morgan fingerprint density at radius 3 is 2.14 bits per heavy atom. The molecule has 80 valence electrons. The van der Waals surface area contributed by atoms with Gasteiger partial charge in [0.15, 0.2) is 0 Å². The fraction of sp³-hybridized carbons (Fsp3) is 1.00. The van der Waals surface area contributed by atoms with Gasteiger partial charge >= 0.3 is 0 Å². The summed E-state index contributed by atoms with van der Waals surface area (Å²) in [5, 5.41) is 0. The normalized spacial score (nSPS) is 38.8. The second-order valence-corrected chi connectivity index (χ2v) is 4.25. The minimum absolute atomic E-state index is 0.350. The molecule has 0 aromatic heterocycles. The third kappa shape index (κ3) is 0.922. The molecule has 0 bridgehead atoms. The first-order chi connectivity index (χ1) is 6.79. The Morgan fingerprint density at radius 1 is 0.929 bits per heavy atom. The number of ether oxygens (including phenoxy) is 4. The molecular weight excluding hydrogens is 184 g/mol. The van der Waals surface area contributed by atoms with Crippen LogP contribution in [0.5, 0.6) is 0 Å². The molecule has 14 heavy (non-hydrogen) atoms. The highest BCUT2D eigenvalue weighted by Crippen LogP contribution is 2.53. The Balaban J connectivity index is 1.97. The van der Waals surface area contributed by atoms with Gasteiger partial charge in [0.25, 0.3) is 0 Å². The van der Waals surface area contributed by atoms with Crippen molar-refractivity contribution in [2.75, 3.05) is 26.4 Å². The highest BCUT2D eigenvalue weighted by atomic mass is 16.8. The Hall–Kier alpha value is -0.160. The molecule has 4 nitrogen and oxygen atoms in total. The minimum atomic E-state index is -0.622. The molecule has 0 amide bonds. The molecule has 3 fully saturated rings. The zero-order valence-corrected chi connectivity index (χ0v) is 8.45. The van der Waals surface area contributed by atoms with Crippen molar-refractivity contribution in [1.82, 2.24) is 0 Å². The van der Waals surface area contributed by atoms with Crippen LogP contribution in [-0.2, 0) is 18.9 Å². The lowest BCUT2D eigenvalue weighted by molar-refractivity contribution is -0.341. The van der Waals surface area contributed by atoms with Crippen molar-refractivity contribution in [2.24, 2.45) is 5.92 Å². The van der Waals surface area contributed by atoms with E-state index in [-0.39, 0.29) is 0 Å². The van der Waals surface area contributed by atoms with Gasteiger partial charge in [0.2, 0.25) is 11.6 Å². The van der Waals surface area contributed by atoms with Gasteiger partial charge in [-0.2, -0.15) is 0 Å². The molecule has 3 aliphatic rings. The van der Waals surface area contributed by atoms with Crippen molar-refractivity contribution in [1.29, 1.82) is 0 Å². The molecule has 1 saturated carbocycles. The lowest BCUT2D eigenvalue weighted by Crippen LogP contribution is -2.54. The minimum Gasteiger partial charge on any atom is -0.343 e. The maximum Gasteiger partial charge on any atom is 0.226 e. The zero-order valence-electron chi connectivity index (χ0n) is 8.45. The Labute approximate surface area is 83.5 Å². The van der Waals surface area contributed by atoms with Crippen molar-refractivity contribution in [3.63, 3.8) is 0 Å². The molecular formula is C10H16O4. The van der Waals surface area contributed by atoms with Crippen LogP contribution in [-0.4, -0.2) is 38.0 Å². The van der Waals surface area contributed by atoms with E-state index in [0.717, 1.165) is 12.8 Å². The Bertz CT molecular complexity index is 228. The summed E-state index contributed by atoms with van der Waals surface area (Å²) in [7, 11) is 0. The molecule has 4 heteroatoms. The van der Waals surface area contributed by atoms with E-state index in [0.29, 0.717) is 32.3 Å². The predicted molar refractivity (Wildman–Crippen MR) is 47.7 cm³/mol. The summed E-state index contributed by atoms with van der Waals surface area (Å²) < 4.78 is 23.0. The third-order valence-corrected chi connectivity index (χ3v) is 3.56. The highest BCUT2D eigenvalue weighted by Gasteiger charge is 2.66. The van der Waals surface area contributed by atoms with Gasteiger partial charge in [0.05, 0.1) is 26.4 Å². The van der Waals surface area contributed by atoms with E-state index >= 15 is 0 Å². The van der Waals surface area contributed by atoms with E-state index in [1.54, 1.807) is 0 Å². The van der Waals surface area contributed by atoms with Gasteiger partial charge in [-0.3, -0.25) is 0 Å². The SMILES string of the molecule is CC1CCC2(OCCO2)C12OCCO2. The molecule has 2 saturated heterocycles. The van der Waals surface area contributed by atoms with Crippen molar-refractivity contribution >= 4 is 0 Å². The first-order valence-corrected chi connectivity index (χ1v) is 5.35. The molecule has 2 heterocycles. The van der Waals surface area contributed by atoms with Gasteiger partial charge < -0.3 is 18.9 Å². The van der Waals surface area contributed by atoms with E-state index in [4.69, 9.17) is 18.9 Å². The molecule has 2 spiro atoms. The summed E-state index contributed by atoms with van der Waals surface area (Å²) in [5.74, 6) is -0.880. The smallest absolute Gasteiger partial charge is 0.226 e. The first kappa shape index (κ1) is 9.09. The molecule has 2 aliphatic heterocycles. The average molecular weight is 200 g/mol. The second kappa shape index (κ2) is 2.92. The summed E-state index contributed by atoms with van der Waals surface area (Å²) in [4.78, 5) is 0. The van der Waals surface area contributed by atoms with Crippen molar-refractivity contribution in [3.8, 4) is 0 Å². The van der Waals surface area contributed by atoms with E-state index in [1.807, 2.05) is 0 Å². The van der Waals surface area contributed by atoms with Gasteiger partial charge in [0.1, 0.15) is 0 Å². The Morgan fingerprint density at radius 2 is 1.50 bits per heavy atom. The number of hydrogen-bond donors (Lipinski definition) is 0. The van der Waals surface area contributed by atoms with Gasteiger partial charge in [-0.1, -0.05) is 6.92 Å². The monoisotopic (exact) mass is 200 g/mol. The van der Waals surface area contributed by atoms with Crippen molar-refractivity contribution in [2.45, 2.75) is 31.3 Å². The number of rotatable bonds is 0. The quantitative estimate of drug-likeness (QED) is 0.582. The van der Waals surface area contributed by atoms with Gasteiger partial charge in [-0.15, -0.1) is 0 Å². The van der Waals surface area contributed by atoms with Crippen LogP contribution in [0.2, 0.25) is 0 Å². The number of fused-ring (bicyclic) bond motifs is 1. The van der Waals surface area contributed by atoms with Crippen LogP contribution >= 0.6 is 0 Å². The summed E-state index contributed by atoms with van der Waals surface area (Å²) in [6.07, 6.45) is 1.92. The van der Waals surface area contributed by atoms with Gasteiger partial charge in [-0.05, 0) is 6.42 Å². The highest BCUT2D eigenvalue weighted by molar-refractivity contribution is 5.02. The van der Waals surface area contributed by atoms with Crippen LogP contribution in [0.4, 0.5) is 0 Å². The maximum absolute atomic E-state index is 5.78. The fourth-order valence-corrected chi connectivity index (χ4v) is 2.88. The Kier molecular flexibility index (Phi) is 1.89. The van der Waals surface area contributed by atoms with Crippen molar-refractivity contribution < 1.29 is 18.9 Å². The maximum atomic E-state index is 5.78. The van der Waals surface area contributed by atoms with E-state index < -0.39 is 11.6 Å². The molecule has 0 aromatic carbocycles. The molecule has 1 unspecified atom stereocenters. The summed E-state index contributed by atoms with van der Waals surface area (Å²) in [6, 6.07) is 0. The molecule has 0 aromatic rings. The zero-order chi connectivity index (χ0) is 9.65. The standard InChI is InChI=1S/C10H16O4/c1-8-2-3-9(11-4-5-12-9)10(8)13-6-7-14-10/h8H,2-7H2,1H3. The average Bonchev–Trinajstić information content (AvgIpc) is 2.88. The lowest BCUT2D eigenvalue weighted by atomic mass is 10.0. The second-order valence-electron chi connectivity index (χ2n) is 4.25. The van der Waals surface area contributed by atoms with Crippen LogP contribution in [0.1, 0.15) is 19.8 Å². The predicted octanol–water partition coefficient (Wildman–Crippen LogP) is 0.902. The van der Waals surface area contributed by atoms with Crippen LogP contribution in [0.15, 0.2) is 0 Å². The lowest BCUT2D eigenvalue weighted by Gasteiger charge is -2.38. The molecule has 0 N–H and O–H groups in total. The topological polar surface area (TPSA) is 36.9 Å². The van der Waals surface area contributed by atoms with E-state index in [1.165, 1.54) is 0 Å². The first-order valence-electron chi connectivity index (χ1n) is 5.35. The van der Waals surface area contributed by atoms with Gasteiger partial charge in [0, 0.05) is 12.3 Å². The fourth-order valence-electron chi connectivity index (χ4n) is 2.88. The van der Waals surface area contributed by atoms with Gasteiger partial charge in [-0.25, -0.2) is 0 Å². The van der Waals surface area contributed by atoms with Crippen LogP contribution in [0, 0.1) is 5.92 Å². The van der Waals surface area contributed by atoms with E-state index in [2.05, 4.69) is 6.92 Å². The molecule has 3 rings (SSSR count). The summed E-state index contributed by atoms with van der Waals surface area (Å²) in [6.45, 7) is 4.76.